The molecule has 0 aliphatic heterocycles. The fourth-order valence-corrected chi connectivity index (χ4v) is 1.44. The quantitative estimate of drug-likeness (QED) is 0.742. The predicted octanol–water partition coefficient (Wildman–Crippen LogP) is 2.73. The molecule has 23 heavy (non-hydrogen) atoms. The number of carbonyl (C=O) groups excluding carboxylic acids is 2. The lowest BCUT2D eigenvalue weighted by Gasteiger charge is -2.18. The maximum absolute atomic E-state index is 12.1. The van der Waals surface area contributed by atoms with Gasteiger partial charge in [-0.3, -0.25) is 4.79 Å². The van der Waals surface area contributed by atoms with E-state index in [4.69, 9.17) is 4.74 Å². The van der Waals surface area contributed by atoms with E-state index in [0.29, 0.717) is 19.4 Å². The minimum absolute atomic E-state index is 0.0812. The van der Waals surface area contributed by atoms with E-state index in [9.17, 15) is 14.1 Å². The van der Waals surface area contributed by atoms with E-state index in [1.165, 1.54) is 10.9 Å². The highest BCUT2D eigenvalue weighted by Crippen LogP contribution is 2.21. The Bertz CT molecular complexity index is 527. The number of halogens is 1. The van der Waals surface area contributed by atoms with E-state index < -0.39 is 11.5 Å². The highest BCUT2D eigenvalue weighted by atomic mass is 19.3. The van der Waals surface area contributed by atoms with Crippen molar-refractivity contribution in [2.24, 2.45) is 0 Å². The van der Waals surface area contributed by atoms with Gasteiger partial charge in [-0.15, -0.1) is 0 Å². The second kappa shape index (κ2) is 10.4. The second-order valence-corrected chi connectivity index (χ2v) is 4.82. The Morgan fingerprint density at radius 1 is 1.48 bits per heavy atom. The van der Waals surface area contributed by atoms with Crippen LogP contribution >= 0.6 is 0 Å². The fraction of sp³-hybridized carbons (Fsp3) is 0.533. The third-order valence-electron chi connectivity index (χ3n) is 2.55. The number of rotatable bonds is 8. The van der Waals surface area contributed by atoms with Gasteiger partial charge in [0.05, 0.1) is 18.3 Å². The molecular formula is C15H24FN3O4. The van der Waals surface area contributed by atoms with Crippen LogP contribution in [0.1, 0.15) is 51.4 Å². The van der Waals surface area contributed by atoms with Crippen molar-refractivity contribution in [3.63, 3.8) is 0 Å². The zero-order chi connectivity index (χ0) is 17.9. The Balaban J connectivity index is 0.00000232. The van der Waals surface area contributed by atoms with Gasteiger partial charge < -0.3 is 10.1 Å². The third-order valence-corrected chi connectivity index (χ3v) is 2.55. The molecule has 0 aliphatic carbocycles. The standard InChI is InChI=1S/C13H18FN3O4.C2H6/c1-4-7-20-11-10(12(19)21-14)8-16-17(11)6-5-13(2,3)15-9-18;1-2/h5-6,8-9H,4,7H2,1-3H3,(H,15,18);1-2H3/b6-5+;. The Kier molecular flexibility index (Phi) is 9.29. The minimum atomic E-state index is -1.17. The van der Waals surface area contributed by atoms with Gasteiger partial charge in [0.15, 0.2) is 0 Å². The molecule has 0 radical (unpaired) electrons. The van der Waals surface area contributed by atoms with Gasteiger partial charge in [-0.25, -0.2) is 14.4 Å². The molecule has 0 unspecified atom stereocenters. The van der Waals surface area contributed by atoms with E-state index in [-0.39, 0.29) is 11.4 Å². The normalized spacial score (nSPS) is 10.7. The van der Waals surface area contributed by atoms with Crippen molar-refractivity contribution in [3.8, 4) is 5.88 Å². The summed E-state index contributed by atoms with van der Waals surface area (Å²) in [6.07, 6.45) is 5.59. The monoisotopic (exact) mass is 329 g/mol. The van der Waals surface area contributed by atoms with Crippen molar-refractivity contribution in [3.05, 3.63) is 17.8 Å². The summed E-state index contributed by atoms with van der Waals surface area (Å²) in [5.41, 5.74) is -0.729. The van der Waals surface area contributed by atoms with Crippen molar-refractivity contribution in [1.82, 2.24) is 15.1 Å². The molecule has 0 saturated heterocycles. The molecule has 0 fully saturated rings. The Morgan fingerprint density at radius 2 is 2.13 bits per heavy atom. The number of aromatic nitrogens is 2. The van der Waals surface area contributed by atoms with E-state index in [2.05, 4.69) is 15.4 Å². The van der Waals surface area contributed by atoms with Gasteiger partial charge in [0.2, 0.25) is 12.3 Å². The van der Waals surface area contributed by atoms with Crippen LogP contribution in [-0.2, 0) is 9.74 Å². The third kappa shape index (κ3) is 6.50. The molecule has 1 amide bonds. The Labute approximate surface area is 135 Å². The van der Waals surface area contributed by atoms with Crippen LogP contribution in [0, 0.1) is 0 Å². The van der Waals surface area contributed by atoms with Crippen LogP contribution in [0.3, 0.4) is 0 Å². The van der Waals surface area contributed by atoms with E-state index in [1.54, 1.807) is 19.9 Å². The smallest absolute Gasteiger partial charge is 0.386 e. The number of amides is 1. The lowest BCUT2D eigenvalue weighted by molar-refractivity contribution is -0.110. The molecule has 0 aromatic carbocycles. The molecule has 0 atom stereocenters. The van der Waals surface area contributed by atoms with Gasteiger partial charge in [-0.1, -0.05) is 20.8 Å². The second-order valence-electron chi connectivity index (χ2n) is 4.82. The van der Waals surface area contributed by atoms with E-state index >= 15 is 0 Å². The van der Waals surface area contributed by atoms with Crippen molar-refractivity contribution >= 4 is 18.6 Å². The molecule has 1 N–H and O–H groups in total. The number of ether oxygens (including phenoxy) is 1. The molecular weight excluding hydrogens is 305 g/mol. The van der Waals surface area contributed by atoms with Crippen LogP contribution in [0.5, 0.6) is 5.88 Å². The summed E-state index contributed by atoms with van der Waals surface area (Å²) in [6, 6.07) is 0. The molecule has 1 rings (SSSR count). The van der Waals surface area contributed by atoms with Gasteiger partial charge in [0.1, 0.15) is 5.56 Å². The molecule has 8 heteroatoms. The summed E-state index contributed by atoms with van der Waals surface area (Å²) in [5.74, 6) is -1.09. The maximum atomic E-state index is 12.1. The van der Waals surface area contributed by atoms with Crippen LogP contribution < -0.4 is 10.1 Å². The Hall–Kier alpha value is -2.38. The SMILES string of the molecule is CC.CCCOc1c(C(=O)OF)cnn1/C=C/C(C)(C)NC=O. The van der Waals surface area contributed by atoms with Gasteiger partial charge in [-0.05, 0) is 26.3 Å². The lowest BCUT2D eigenvalue weighted by atomic mass is 10.1. The summed E-state index contributed by atoms with van der Waals surface area (Å²) < 4.78 is 18.7. The predicted molar refractivity (Wildman–Crippen MR) is 84.5 cm³/mol. The molecule has 0 bridgehead atoms. The highest BCUT2D eigenvalue weighted by molar-refractivity contribution is 5.91. The van der Waals surface area contributed by atoms with Crippen LogP contribution in [-0.4, -0.2) is 34.3 Å². The molecule has 0 saturated carbocycles. The first-order valence-electron chi connectivity index (χ1n) is 7.39. The summed E-state index contributed by atoms with van der Waals surface area (Å²) in [6.45, 7) is 9.76. The molecule has 130 valence electrons. The van der Waals surface area contributed by atoms with Crippen LogP contribution in [0.2, 0.25) is 0 Å². The van der Waals surface area contributed by atoms with Gasteiger partial charge in [-0.2, -0.15) is 5.10 Å². The molecule has 1 aromatic rings. The first kappa shape index (κ1) is 20.6. The molecule has 0 spiro atoms. The van der Waals surface area contributed by atoms with Gasteiger partial charge >= 0.3 is 5.97 Å². The molecule has 1 heterocycles. The van der Waals surface area contributed by atoms with Crippen molar-refractivity contribution in [2.75, 3.05) is 6.61 Å². The van der Waals surface area contributed by atoms with Gasteiger partial charge in [0.25, 0.3) is 0 Å². The van der Waals surface area contributed by atoms with E-state index in [0.717, 1.165) is 6.20 Å². The molecule has 1 aromatic heterocycles. The van der Waals surface area contributed by atoms with Crippen molar-refractivity contribution in [1.29, 1.82) is 0 Å². The summed E-state index contributed by atoms with van der Waals surface area (Å²) in [7, 11) is 0. The zero-order valence-electron chi connectivity index (χ0n) is 14.1. The molecule has 7 nitrogen and oxygen atoms in total. The van der Waals surface area contributed by atoms with E-state index in [1.807, 2.05) is 20.8 Å². The van der Waals surface area contributed by atoms with Crippen molar-refractivity contribution in [2.45, 2.75) is 46.6 Å². The van der Waals surface area contributed by atoms with Crippen LogP contribution in [0.25, 0.3) is 6.20 Å². The minimum Gasteiger partial charge on any atom is -0.477 e. The highest BCUT2D eigenvalue weighted by Gasteiger charge is 2.21. The zero-order valence-corrected chi connectivity index (χ0v) is 14.1. The summed E-state index contributed by atoms with van der Waals surface area (Å²) >= 11 is 0. The van der Waals surface area contributed by atoms with Crippen molar-refractivity contribution < 1.29 is 23.8 Å². The molecule has 0 aliphatic rings. The average Bonchev–Trinajstić information content (AvgIpc) is 2.95. The van der Waals surface area contributed by atoms with Crippen LogP contribution in [0.4, 0.5) is 4.53 Å². The van der Waals surface area contributed by atoms with Crippen LogP contribution in [0.15, 0.2) is 12.3 Å². The number of carbonyl (C=O) groups is 2. The average molecular weight is 329 g/mol. The number of nitrogens with zero attached hydrogens (tertiary/aromatic N) is 2. The fourth-order valence-electron chi connectivity index (χ4n) is 1.44. The first-order chi connectivity index (χ1) is 10.9. The largest absolute Gasteiger partial charge is 0.477 e. The topological polar surface area (TPSA) is 82.4 Å². The maximum Gasteiger partial charge on any atom is 0.386 e. The first-order valence-corrected chi connectivity index (χ1v) is 7.39. The number of nitrogens with one attached hydrogen (secondary N) is 1. The Morgan fingerprint density at radius 3 is 2.65 bits per heavy atom. The summed E-state index contributed by atoms with van der Waals surface area (Å²) in [4.78, 5) is 25.0. The number of hydrogen-bond acceptors (Lipinski definition) is 5. The van der Waals surface area contributed by atoms with Gasteiger partial charge in [0, 0.05) is 10.7 Å². The lowest BCUT2D eigenvalue weighted by Crippen LogP contribution is -2.35. The summed E-state index contributed by atoms with van der Waals surface area (Å²) in [5, 5.41) is 6.52. The number of hydrogen-bond donors (Lipinski definition) is 1.